The Morgan fingerprint density at radius 3 is 2.50 bits per heavy atom. The van der Waals surface area contributed by atoms with Crippen LogP contribution in [0.15, 0.2) is 0 Å². The van der Waals surface area contributed by atoms with Gasteiger partial charge >= 0.3 is 0 Å². The first-order valence-corrected chi connectivity index (χ1v) is 4.18. The lowest BCUT2D eigenvalue weighted by atomic mass is 9.96. The Balaban J connectivity index is 2.32. The van der Waals surface area contributed by atoms with E-state index in [4.69, 9.17) is 0 Å². The molecule has 2 N–H and O–H groups in total. The number of rotatable bonds is 4. The second kappa shape index (κ2) is 2.89. The molecule has 10 heavy (non-hydrogen) atoms. The van der Waals surface area contributed by atoms with Crippen molar-refractivity contribution in [3.63, 3.8) is 0 Å². The molecule has 1 heterocycles. The Morgan fingerprint density at radius 1 is 1.60 bits per heavy atom. The molecule has 1 fully saturated rings. The summed E-state index contributed by atoms with van der Waals surface area (Å²) in [6, 6.07) is 0. The quantitative estimate of drug-likeness (QED) is 0.574. The summed E-state index contributed by atoms with van der Waals surface area (Å²) >= 11 is 0. The van der Waals surface area contributed by atoms with E-state index in [2.05, 4.69) is 19.2 Å². The third-order valence-electron chi connectivity index (χ3n) is 2.46. The van der Waals surface area contributed by atoms with Gasteiger partial charge in [-0.15, -0.1) is 0 Å². The van der Waals surface area contributed by atoms with Crippen LogP contribution < -0.4 is 5.32 Å². The molecule has 2 heteroatoms. The average molecular weight is 143 g/mol. The van der Waals surface area contributed by atoms with Gasteiger partial charge in [0.05, 0.1) is 11.6 Å². The van der Waals surface area contributed by atoms with E-state index in [0.29, 0.717) is 0 Å². The predicted octanol–water partition coefficient (Wildman–Crippen LogP) is 0.899. The molecule has 2 unspecified atom stereocenters. The third kappa shape index (κ3) is 1.32. The van der Waals surface area contributed by atoms with Gasteiger partial charge in [-0.05, 0) is 12.8 Å². The first kappa shape index (κ1) is 8.02. The number of nitrogens with one attached hydrogen (secondary N) is 1. The lowest BCUT2D eigenvalue weighted by Gasteiger charge is -2.17. The van der Waals surface area contributed by atoms with Crippen LogP contribution in [-0.2, 0) is 0 Å². The van der Waals surface area contributed by atoms with Crippen LogP contribution in [0.5, 0.6) is 0 Å². The van der Waals surface area contributed by atoms with E-state index in [9.17, 15) is 5.11 Å². The smallest absolute Gasteiger partial charge is 0.0734 e. The molecular weight excluding hydrogens is 126 g/mol. The van der Waals surface area contributed by atoms with Crippen LogP contribution in [0.1, 0.15) is 33.1 Å². The summed E-state index contributed by atoms with van der Waals surface area (Å²) in [4.78, 5) is 0. The summed E-state index contributed by atoms with van der Waals surface area (Å²) in [5, 5.41) is 12.8. The van der Waals surface area contributed by atoms with Crippen molar-refractivity contribution in [3.05, 3.63) is 0 Å². The number of hydrogen-bond donors (Lipinski definition) is 2. The summed E-state index contributed by atoms with van der Waals surface area (Å²) in [5.74, 6) is 0. The van der Waals surface area contributed by atoms with Gasteiger partial charge in [-0.25, -0.2) is 0 Å². The molecule has 60 valence electrons. The lowest BCUT2D eigenvalue weighted by Crippen LogP contribution is -2.31. The molecule has 2 atom stereocenters. The minimum atomic E-state index is -0.123. The topological polar surface area (TPSA) is 42.2 Å². The highest BCUT2D eigenvalue weighted by Gasteiger charge is 2.45. The molecule has 0 bridgehead atoms. The summed E-state index contributed by atoms with van der Waals surface area (Å²) in [6.07, 6.45) is 2.93. The number of aliphatic hydroxyl groups excluding tert-OH is 1. The molecule has 1 aliphatic heterocycles. The van der Waals surface area contributed by atoms with Gasteiger partial charge in [-0.3, -0.25) is 0 Å². The molecular formula is C8H17NO. The van der Waals surface area contributed by atoms with E-state index in [1.807, 2.05) is 0 Å². The molecule has 0 saturated carbocycles. The maximum Gasteiger partial charge on any atom is 0.0734 e. The largest absolute Gasteiger partial charge is 0.391 e. The molecule has 0 amide bonds. The number of hydrogen-bond acceptors (Lipinski definition) is 2. The minimum absolute atomic E-state index is 0.107. The minimum Gasteiger partial charge on any atom is -0.391 e. The molecule has 0 aliphatic carbocycles. The van der Waals surface area contributed by atoms with Crippen LogP contribution in [0.25, 0.3) is 0 Å². The Kier molecular flexibility index (Phi) is 2.32. The normalized spacial score (nSPS) is 33.9. The predicted molar refractivity (Wildman–Crippen MR) is 41.9 cm³/mol. The van der Waals surface area contributed by atoms with Crippen molar-refractivity contribution in [2.45, 2.75) is 44.8 Å². The summed E-state index contributed by atoms with van der Waals surface area (Å²) < 4.78 is 0. The van der Waals surface area contributed by atoms with E-state index >= 15 is 0 Å². The van der Waals surface area contributed by atoms with Crippen molar-refractivity contribution in [1.29, 1.82) is 0 Å². The fraction of sp³-hybridized carbons (Fsp3) is 1.00. The van der Waals surface area contributed by atoms with Crippen LogP contribution in [0.4, 0.5) is 0 Å². The van der Waals surface area contributed by atoms with E-state index in [1.54, 1.807) is 0 Å². The zero-order chi connectivity index (χ0) is 7.61. The second-order valence-electron chi connectivity index (χ2n) is 3.17. The molecule has 1 aliphatic rings. The van der Waals surface area contributed by atoms with Crippen molar-refractivity contribution in [3.8, 4) is 0 Å². The zero-order valence-corrected chi connectivity index (χ0v) is 6.85. The summed E-state index contributed by atoms with van der Waals surface area (Å²) in [7, 11) is 0. The Hall–Kier alpha value is -0.0800. The highest BCUT2D eigenvalue weighted by Crippen LogP contribution is 2.27. The third-order valence-corrected chi connectivity index (χ3v) is 2.46. The first-order chi connectivity index (χ1) is 4.75. The van der Waals surface area contributed by atoms with E-state index in [0.717, 1.165) is 25.8 Å². The van der Waals surface area contributed by atoms with E-state index < -0.39 is 0 Å². The van der Waals surface area contributed by atoms with Gasteiger partial charge in [0.1, 0.15) is 0 Å². The maximum absolute atomic E-state index is 9.58. The zero-order valence-electron chi connectivity index (χ0n) is 6.85. The molecule has 0 aromatic rings. The molecule has 0 aromatic heterocycles. The molecule has 0 aromatic carbocycles. The van der Waals surface area contributed by atoms with Crippen LogP contribution >= 0.6 is 0 Å². The van der Waals surface area contributed by atoms with Crippen molar-refractivity contribution in [1.82, 2.24) is 5.32 Å². The second-order valence-corrected chi connectivity index (χ2v) is 3.17. The van der Waals surface area contributed by atoms with Crippen LogP contribution in [0, 0.1) is 0 Å². The van der Waals surface area contributed by atoms with Gasteiger partial charge in [-0.1, -0.05) is 20.3 Å². The van der Waals surface area contributed by atoms with Gasteiger partial charge in [0.15, 0.2) is 0 Å². The standard InChI is InChI=1S/C8H17NO/c1-3-5-7(10)8(4-2)6-9-8/h7,9-10H,3-6H2,1-2H3. The monoisotopic (exact) mass is 143 g/mol. The van der Waals surface area contributed by atoms with Crippen LogP contribution in [0.3, 0.4) is 0 Å². The molecule has 1 saturated heterocycles. The maximum atomic E-state index is 9.58. The fourth-order valence-electron chi connectivity index (χ4n) is 1.38. The van der Waals surface area contributed by atoms with Gasteiger partial charge < -0.3 is 10.4 Å². The molecule has 0 spiro atoms. The number of aliphatic hydroxyl groups is 1. The summed E-state index contributed by atoms with van der Waals surface area (Å²) in [5.41, 5.74) is 0.107. The van der Waals surface area contributed by atoms with Crippen LogP contribution in [-0.4, -0.2) is 23.3 Å². The molecule has 0 radical (unpaired) electrons. The lowest BCUT2D eigenvalue weighted by molar-refractivity contribution is 0.117. The average Bonchev–Trinajstić information content (AvgIpc) is 2.68. The van der Waals surface area contributed by atoms with Gasteiger partial charge in [0, 0.05) is 6.54 Å². The van der Waals surface area contributed by atoms with Gasteiger partial charge in [0.2, 0.25) is 0 Å². The van der Waals surface area contributed by atoms with Crippen LogP contribution in [0.2, 0.25) is 0 Å². The molecule has 1 rings (SSSR count). The molecule has 2 nitrogen and oxygen atoms in total. The SMILES string of the molecule is CCCC(O)C1(CC)CN1. The van der Waals surface area contributed by atoms with E-state index in [1.165, 1.54) is 0 Å². The first-order valence-electron chi connectivity index (χ1n) is 4.18. The summed E-state index contributed by atoms with van der Waals surface area (Å²) in [6.45, 7) is 5.23. The highest BCUT2D eigenvalue weighted by molar-refractivity contribution is 5.07. The Morgan fingerprint density at radius 2 is 2.20 bits per heavy atom. The highest BCUT2D eigenvalue weighted by atomic mass is 16.3. The van der Waals surface area contributed by atoms with Gasteiger partial charge in [-0.2, -0.15) is 0 Å². The van der Waals surface area contributed by atoms with Crippen molar-refractivity contribution >= 4 is 0 Å². The van der Waals surface area contributed by atoms with Crippen molar-refractivity contribution < 1.29 is 5.11 Å². The Labute approximate surface area is 62.6 Å². The van der Waals surface area contributed by atoms with E-state index in [-0.39, 0.29) is 11.6 Å². The van der Waals surface area contributed by atoms with Crippen molar-refractivity contribution in [2.24, 2.45) is 0 Å². The fourth-order valence-corrected chi connectivity index (χ4v) is 1.38. The van der Waals surface area contributed by atoms with Crippen molar-refractivity contribution in [2.75, 3.05) is 6.54 Å². The van der Waals surface area contributed by atoms with Gasteiger partial charge in [0.25, 0.3) is 0 Å². The Bertz CT molecular complexity index is 110.